The van der Waals surface area contributed by atoms with E-state index in [-0.39, 0.29) is 0 Å². The second-order valence-electron chi connectivity index (χ2n) is 16.2. The smallest absolute Gasteiger partial charge is 0.160 e. The number of aromatic nitrogens is 4. The van der Waals surface area contributed by atoms with Gasteiger partial charge in [-0.25, -0.2) is 9.97 Å². The Morgan fingerprint density at radius 1 is 0.302 bits per heavy atom. The third-order valence-corrected chi connectivity index (χ3v) is 12.5. The van der Waals surface area contributed by atoms with Gasteiger partial charge in [0.25, 0.3) is 0 Å². The minimum Gasteiger partial charge on any atom is -0.309 e. The summed E-state index contributed by atoms with van der Waals surface area (Å²) in [6.07, 6.45) is 0. The minimum absolute atomic E-state index is 0.669. The first-order valence-electron chi connectivity index (χ1n) is 21.5. The maximum absolute atomic E-state index is 5.30. The average molecular weight is 805 g/mol. The van der Waals surface area contributed by atoms with E-state index in [4.69, 9.17) is 9.97 Å². The van der Waals surface area contributed by atoms with E-state index >= 15 is 0 Å². The molecule has 4 nitrogen and oxygen atoms in total. The Bertz CT molecular complexity index is 3580. The van der Waals surface area contributed by atoms with Crippen molar-refractivity contribution in [3.63, 3.8) is 0 Å². The summed E-state index contributed by atoms with van der Waals surface area (Å²) >= 11 is 0. The third kappa shape index (κ3) is 6.14. The second kappa shape index (κ2) is 15.0. The Morgan fingerprint density at radius 2 is 0.762 bits per heavy atom. The maximum Gasteiger partial charge on any atom is 0.160 e. The van der Waals surface area contributed by atoms with Crippen LogP contribution in [-0.4, -0.2) is 19.1 Å². The molecule has 0 bridgehead atoms. The first kappa shape index (κ1) is 36.5. The summed E-state index contributed by atoms with van der Waals surface area (Å²) in [5.74, 6) is 0.669. The minimum atomic E-state index is 0.669. The Labute approximate surface area is 365 Å². The van der Waals surface area contributed by atoms with Crippen molar-refractivity contribution in [2.75, 3.05) is 0 Å². The molecule has 0 atom stereocenters. The van der Waals surface area contributed by atoms with Crippen LogP contribution in [0.2, 0.25) is 0 Å². The molecule has 0 amide bonds. The van der Waals surface area contributed by atoms with Gasteiger partial charge >= 0.3 is 0 Å². The number of benzene rings is 9. The quantitative estimate of drug-likeness (QED) is 0.161. The molecule has 0 saturated heterocycles. The predicted molar refractivity (Wildman–Crippen MR) is 263 cm³/mol. The molecule has 0 spiro atoms. The molecule has 0 N–H and O–H groups in total. The lowest BCUT2D eigenvalue weighted by Crippen LogP contribution is -2.02. The van der Waals surface area contributed by atoms with Crippen molar-refractivity contribution >= 4 is 43.6 Å². The van der Waals surface area contributed by atoms with E-state index in [1.165, 1.54) is 38.2 Å². The summed E-state index contributed by atoms with van der Waals surface area (Å²) in [6, 6.07) is 80.3. The van der Waals surface area contributed by atoms with Crippen LogP contribution < -0.4 is 0 Å². The van der Waals surface area contributed by atoms with Crippen LogP contribution in [0.1, 0.15) is 5.56 Å². The van der Waals surface area contributed by atoms with Gasteiger partial charge in [-0.05, 0) is 84.3 Å². The second-order valence-corrected chi connectivity index (χ2v) is 16.2. The molecule has 0 aliphatic rings. The van der Waals surface area contributed by atoms with Crippen LogP contribution in [-0.2, 0) is 0 Å². The van der Waals surface area contributed by atoms with Gasteiger partial charge in [0.15, 0.2) is 5.82 Å². The molecule has 12 rings (SSSR count). The van der Waals surface area contributed by atoms with E-state index in [0.29, 0.717) is 5.82 Å². The number of rotatable bonds is 7. The molecule has 0 unspecified atom stereocenters. The van der Waals surface area contributed by atoms with Crippen LogP contribution in [0, 0.1) is 6.92 Å². The lowest BCUT2D eigenvalue weighted by atomic mass is 9.97. The van der Waals surface area contributed by atoms with Gasteiger partial charge in [0.05, 0.1) is 44.8 Å². The van der Waals surface area contributed by atoms with Gasteiger partial charge in [0.1, 0.15) is 0 Å². The van der Waals surface area contributed by atoms with E-state index in [9.17, 15) is 0 Å². The molecule has 0 fully saturated rings. The molecular formula is C59H40N4. The predicted octanol–water partition coefficient (Wildman–Crippen LogP) is 15.3. The van der Waals surface area contributed by atoms with Crippen molar-refractivity contribution in [1.29, 1.82) is 0 Å². The number of hydrogen-bond acceptors (Lipinski definition) is 2. The zero-order valence-corrected chi connectivity index (χ0v) is 34.7. The van der Waals surface area contributed by atoms with Gasteiger partial charge in [-0.3, -0.25) is 0 Å². The molecule has 3 heterocycles. The van der Waals surface area contributed by atoms with Gasteiger partial charge in [0.2, 0.25) is 0 Å². The number of aryl methyl sites for hydroxylation is 1. The van der Waals surface area contributed by atoms with Gasteiger partial charge in [-0.2, -0.15) is 0 Å². The highest BCUT2D eigenvalue weighted by atomic mass is 15.0. The SMILES string of the molecule is Cc1ccccc1-c1ccc2c(c1)c1ccccc1n2-c1ccc(-c2nc(-c3ccccc3)cc(-c3ccccc3)n2)cc1-c1ccccc1-n1c2ccccc2c2ccccc21. The van der Waals surface area contributed by atoms with Gasteiger partial charge in [-0.1, -0.05) is 164 Å². The Balaban J connectivity index is 1.15. The molecule has 63 heavy (non-hydrogen) atoms. The molecule has 296 valence electrons. The first-order chi connectivity index (χ1) is 31.2. The van der Waals surface area contributed by atoms with E-state index in [1.807, 2.05) is 12.1 Å². The average Bonchev–Trinajstić information content (AvgIpc) is 3.87. The molecule has 4 heteroatoms. The molecule has 9 aromatic carbocycles. The van der Waals surface area contributed by atoms with E-state index in [1.54, 1.807) is 0 Å². The van der Waals surface area contributed by atoms with Gasteiger partial charge in [-0.15, -0.1) is 0 Å². The molecule has 0 radical (unpaired) electrons. The normalized spacial score (nSPS) is 11.6. The van der Waals surface area contributed by atoms with Gasteiger partial charge < -0.3 is 9.13 Å². The monoisotopic (exact) mass is 804 g/mol. The van der Waals surface area contributed by atoms with Crippen LogP contribution in [0.25, 0.3) is 111 Å². The lowest BCUT2D eigenvalue weighted by Gasteiger charge is -2.20. The molecular weight excluding hydrogens is 765 g/mol. The van der Waals surface area contributed by atoms with E-state index < -0.39 is 0 Å². The standard InChI is InChI=1S/C59H40N4/c1-39-18-8-9-23-44(39)42-32-34-57-49(36-42)47-26-12-17-31-56(47)63(57)58-35-33-43(59-60-51(40-19-4-2-5-20-40)38-52(61-59)41-21-6-3-7-22-41)37-50(58)48-27-13-16-30-55(48)62-53-28-14-10-24-45(53)46-25-11-15-29-54(46)62/h2-38H,1H3. The van der Waals surface area contributed by atoms with Crippen molar-refractivity contribution in [1.82, 2.24) is 19.1 Å². The topological polar surface area (TPSA) is 35.6 Å². The van der Waals surface area contributed by atoms with Crippen molar-refractivity contribution in [3.05, 3.63) is 230 Å². The lowest BCUT2D eigenvalue weighted by molar-refractivity contribution is 1.15. The molecule has 3 aromatic heterocycles. The molecule has 0 aliphatic carbocycles. The van der Waals surface area contributed by atoms with Crippen molar-refractivity contribution in [2.45, 2.75) is 6.92 Å². The number of hydrogen-bond donors (Lipinski definition) is 0. The van der Waals surface area contributed by atoms with E-state index in [0.717, 1.165) is 72.6 Å². The third-order valence-electron chi connectivity index (χ3n) is 12.5. The summed E-state index contributed by atoms with van der Waals surface area (Å²) in [5.41, 5.74) is 17.4. The highest BCUT2D eigenvalue weighted by Gasteiger charge is 2.22. The fraction of sp³-hybridized carbons (Fsp3) is 0.0169. The summed E-state index contributed by atoms with van der Waals surface area (Å²) in [4.78, 5) is 10.6. The number of para-hydroxylation sites is 4. The maximum atomic E-state index is 5.30. The summed E-state index contributed by atoms with van der Waals surface area (Å²) in [7, 11) is 0. The van der Waals surface area contributed by atoms with Gasteiger partial charge in [0, 0.05) is 49.4 Å². The van der Waals surface area contributed by atoms with Crippen LogP contribution in [0.4, 0.5) is 0 Å². The fourth-order valence-electron chi connectivity index (χ4n) is 9.55. The molecule has 12 aromatic rings. The Kier molecular flexibility index (Phi) is 8.68. The van der Waals surface area contributed by atoms with Crippen LogP contribution in [0.5, 0.6) is 0 Å². The van der Waals surface area contributed by atoms with Crippen LogP contribution in [0.3, 0.4) is 0 Å². The number of fused-ring (bicyclic) bond motifs is 6. The van der Waals surface area contributed by atoms with Crippen LogP contribution in [0.15, 0.2) is 224 Å². The summed E-state index contributed by atoms with van der Waals surface area (Å²) < 4.78 is 4.88. The summed E-state index contributed by atoms with van der Waals surface area (Å²) in [6.45, 7) is 2.19. The fourth-order valence-corrected chi connectivity index (χ4v) is 9.55. The first-order valence-corrected chi connectivity index (χ1v) is 21.5. The molecule has 0 saturated carbocycles. The van der Waals surface area contributed by atoms with Crippen molar-refractivity contribution in [2.24, 2.45) is 0 Å². The van der Waals surface area contributed by atoms with Crippen molar-refractivity contribution in [3.8, 4) is 67.5 Å². The van der Waals surface area contributed by atoms with Crippen LogP contribution >= 0.6 is 0 Å². The van der Waals surface area contributed by atoms with Crippen molar-refractivity contribution < 1.29 is 0 Å². The Morgan fingerprint density at radius 3 is 1.37 bits per heavy atom. The molecule has 0 aliphatic heterocycles. The zero-order chi connectivity index (χ0) is 41.9. The Hall–Kier alpha value is -8.34. The van der Waals surface area contributed by atoms with E-state index in [2.05, 4.69) is 228 Å². The highest BCUT2D eigenvalue weighted by Crippen LogP contribution is 2.43. The zero-order valence-electron chi connectivity index (χ0n) is 34.7. The highest BCUT2D eigenvalue weighted by molar-refractivity contribution is 6.12. The number of nitrogens with zero attached hydrogens (tertiary/aromatic N) is 4. The largest absolute Gasteiger partial charge is 0.309 e. The summed E-state index contributed by atoms with van der Waals surface area (Å²) in [5, 5.41) is 4.87.